The molecule has 0 spiro atoms. The van der Waals surface area contributed by atoms with Gasteiger partial charge in [-0.15, -0.1) is 16.8 Å². The van der Waals surface area contributed by atoms with Crippen LogP contribution >= 0.6 is 23.4 Å². The lowest BCUT2D eigenvalue weighted by atomic mass is 10.1. The summed E-state index contributed by atoms with van der Waals surface area (Å²) < 4.78 is 7.80. The van der Waals surface area contributed by atoms with Crippen molar-refractivity contribution in [2.45, 2.75) is 32.2 Å². The highest BCUT2D eigenvalue weighted by Gasteiger charge is 2.15. The molecule has 1 N–H and O–H groups in total. The lowest BCUT2D eigenvalue weighted by Gasteiger charge is -2.11. The molecule has 156 valence electrons. The van der Waals surface area contributed by atoms with Crippen molar-refractivity contribution in [3.05, 3.63) is 77.1 Å². The monoisotopic (exact) mass is 442 g/mol. The van der Waals surface area contributed by atoms with E-state index in [4.69, 9.17) is 16.3 Å². The molecule has 1 amide bonds. The number of carbonyl (C=O) groups is 1. The predicted octanol–water partition coefficient (Wildman–Crippen LogP) is 5.04. The lowest BCUT2D eigenvalue weighted by Crippen LogP contribution is -2.15. The van der Waals surface area contributed by atoms with Gasteiger partial charge in [0.1, 0.15) is 12.4 Å². The topological polar surface area (TPSA) is 69.0 Å². The Morgan fingerprint density at radius 1 is 1.23 bits per heavy atom. The second-order valence-corrected chi connectivity index (χ2v) is 7.98. The Morgan fingerprint density at radius 3 is 2.60 bits per heavy atom. The molecule has 6 nitrogen and oxygen atoms in total. The summed E-state index contributed by atoms with van der Waals surface area (Å²) in [5.41, 5.74) is 2.68. The standard InChI is InChI=1S/C22H23ClN4O2S/c1-4-10-27-19(13-29-18-11-15(2)21(23)16(3)12-18)25-26-22(27)30-14-20(28)24-17-8-6-5-7-9-17/h4-9,11-12H,1,10,13-14H2,2-3H3,(H,24,28). The number of thioether (sulfide) groups is 1. The van der Waals surface area contributed by atoms with Crippen molar-refractivity contribution in [2.75, 3.05) is 11.1 Å². The molecule has 2 aromatic carbocycles. The van der Waals surface area contributed by atoms with E-state index in [0.29, 0.717) is 17.5 Å². The second kappa shape index (κ2) is 10.3. The zero-order valence-electron chi connectivity index (χ0n) is 16.9. The average molecular weight is 443 g/mol. The van der Waals surface area contributed by atoms with Gasteiger partial charge in [-0.05, 0) is 49.2 Å². The first-order valence-corrected chi connectivity index (χ1v) is 10.7. The van der Waals surface area contributed by atoms with Crippen molar-refractivity contribution in [2.24, 2.45) is 0 Å². The molecule has 30 heavy (non-hydrogen) atoms. The minimum Gasteiger partial charge on any atom is -0.486 e. The number of aromatic nitrogens is 3. The molecule has 3 aromatic rings. The maximum absolute atomic E-state index is 12.2. The highest BCUT2D eigenvalue weighted by molar-refractivity contribution is 7.99. The van der Waals surface area contributed by atoms with Gasteiger partial charge in [0, 0.05) is 17.3 Å². The number of para-hydroxylation sites is 1. The number of ether oxygens (including phenoxy) is 1. The Labute approximate surface area is 185 Å². The van der Waals surface area contributed by atoms with Gasteiger partial charge in [-0.25, -0.2) is 0 Å². The number of allylic oxidation sites excluding steroid dienone is 1. The molecule has 0 bridgehead atoms. The number of carbonyl (C=O) groups excluding carboxylic acids is 1. The summed E-state index contributed by atoms with van der Waals surface area (Å²) in [4.78, 5) is 12.2. The van der Waals surface area contributed by atoms with Crippen LogP contribution in [0.4, 0.5) is 5.69 Å². The van der Waals surface area contributed by atoms with Crippen LogP contribution in [0.25, 0.3) is 0 Å². The lowest BCUT2D eigenvalue weighted by molar-refractivity contribution is -0.113. The maximum atomic E-state index is 12.2. The van der Waals surface area contributed by atoms with Crippen molar-refractivity contribution < 1.29 is 9.53 Å². The first-order valence-electron chi connectivity index (χ1n) is 9.38. The van der Waals surface area contributed by atoms with E-state index in [-0.39, 0.29) is 18.3 Å². The molecule has 0 unspecified atom stereocenters. The Bertz CT molecular complexity index is 1010. The maximum Gasteiger partial charge on any atom is 0.234 e. The number of hydrogen-bond donors (Lipinski definition) is 1. The highest BCUT2D eigenvalue weighted by atomic mass is 35.5. The van der Waals surface area contributed by atoms with Crippen LogP contribution in [-0.2, 0) is 17.9 Å². The van der Waals surface area contributed by atoms with Gasteiger partial charge in [-0.1, -0.05) is 47.6 Å². The summed E-state index contributed by atoms with van der Waals surface area (Å²) in [6.45, 7) is 8.45. The summed E-state index contributed by atoms with van der Waals surface area (Å²) in [6, 6.07) is 13.1. The van der Waals surface area contributed by atoms with E-state index >= 15 is 0 Å². The quantitative estimate of drug-likeness (QED) is 0.371. The van der Waals surface area contributed by atoms with Crippen molar-refractivity contribution in [1.82, 2.24) is 14.8 Å². The predicted molar refractivity (Wildman–Crippen MR) is 121 cm³/mol. The third kappa shape index (κ3) is 5.64. The Morgan fingerprint density at radius 2 is 1.93 bits per heavy atom. The van der Waals surface area contributed by atoms with Crippen LogP contribution in [0.1, 0.15) is 17.0 Å². The molecule has 0 radical (unpaired) electrons. The SMILES string of the molecule is C=CCn1c(COc2cc(C)c(Cl)c(C)c2)nnc1SCC(=O)Nc1ccccc1. The van der Waals surface area contributed by atoms with E-state index in [1.165, 1.54) is 11.8 Å². The van der Waals surface area contributed by atoms with Gasteiger partial charge in [-0.3, -0.25) is 9.36 Å². The largest absolute Gasteiger partial charge is 0.486 e. The number of benzene rings is 2. The number of amides is 1. The minimum atomic E-state index is -0.107. The van der Waals surface area contributed by atoms with E-state index in [9.17, 15) is 4.79 Å². The third-order valence-corrected chi connectivity index (χ3v) is 5.84. The van der Waals surface area contributed by atoms with Gasteiger partial charge in [0.05, 0.1) is 5.75 Å². The zero-order valence-corrected chi connectivity index (χ0v) is 18.5. The van der Waals surface area contributed by atoms with Gasteiger partial charge < -0.3 is 10.1 Å². The molecular formula is C22H23ClN4O2S. The van der Waals surface area contributed by atoms with Crippen molar-refractivity contribution >= 4 is 35.0 Å². The number of nitrogens with one attached hydrogen (secondary N) is 1. The minimum absolute atomic E-state index is 0.107. The molecule has 0 atom stereocenters. The fourth-order valence-electron chi connectivity index (χ4n) is 2.83. The molecule has 0 saturated heterocycles. The normalized spacial score (nSPS) is 10.6. The average Bonchev–Trinajstić information content (AvgIpc) is 3.11. The number of nitrogens with zero attached hydrogens (tertiary/aromatic N) is 3. The van der Waals surface area contributed by atoms with Crippen LogP contribution in [0.3, 0.4) is 0 Å². The molecular weight excluding hydrogens is 420 g/mol. The number of halogens is 1. The second-order valence-electron chi connectivity index (χ2n) is 6.66. The van der Waals surface area contributed by atoms with Gasteiger partial charge >= 0.3 is 0 Å². The molecule has 0 saturated carbocycles. The first-order chi connectivity index (χ1) is 14.5. The molecule has 0 fully saturated rings. The van der Waals surface area contributed by atoms with Gasteiger partial charge in [0.25, 0.3) is 0 Å². The summed E-state index contributed by atoms with van der Waals surface area (Å²) in [5, 5.41) is 12.7. The van der Waals surface area contributed by atoms with E-state index < -0.39 is 0 Å². The van der Waals surface area contributed by atoms with Crippen LogP contribution in [0, 0.1) is 13.8 Å². The fourth-order valence-corrected chi connectivity index (χ4v) is 3.71. The van der Waals surface area contributed by atoms with E-state index in [2.05, 4.69) is 22.1 Å². The summed E-state index contributed by atoms with van der Waals surface area (Å²) in [7, 11) is 0. The molecule has 8 heteroatoms. The molecule has 0 aliphatic rings. The Balaban J connectivity index is 1.64. The number of rotatable bonds is 9. The molecule has 0 aliphatic carbocycles. The van der Waals surface area contributed by atoms with E-state index in [0.717, 1.165) is 27.6 Å². The number of anilines is 1. The molecule has 3 rings (SSSR count). The molecule has 1 aromatic heterocycles. The van der Waals surface area contributed by atoms with E-state index in [1.54, 1.807) is 6.08 Å². The summed E-state index contributed by atoms with van der Waals surface area (Å²) in [6.07, 6.45) is 1.76. The van der Waals surface area contributed by atoms with Crippen LogP contribution in [0.2, 0.25) is 5.02 Å². The number of hydrogen-bond acceptors (Lipinski definition) is 5. The molecule has 0 aliphatic heterocycles. The Kier molecular flexibility index (Phi) is 7.54. The van der Waals surface area contributed by atoms with Gasteiger partial charge in [0.15, 0.2) is 11.0 Å². The van der Waals surface area contributed by atoms with E-state index in [1.807, 2.05) is 60.9 Å². The van der Waals surface area contributed by atoms with Gasteiger partial charge in [-0.2, -0.15) is 0 Å². The van der Waals surface area contributed by atoms with Crippen molar-refractivity contribution in [3.63, 3.8) is 0 Å². The Hall–Kier alpha value is -2.77. The molecule has 1 heterocycles. The third-order valence-electron chi connectivity index (χ3n) is 4.27. The first kappa shape index (κ1) is 21.9. The fraction of sp³-hybridized carbons (Fsp3) is 0.227. The summed E-state index contributed by atoms with van der Waals surface area (Å²) >= 11 is 7.54. The highest BCUT2D eigenvalue weighted by Crippen LogP contribution is 2.26. The van der Waals surface area contributed by atoms with Gasteiger partial charge in [0.2, 0.25) is 5.91 Å². The zero-order chi connectivity index (χ0) is 21.5. The van der Waals surface area contributed by atoms with Crippen LogP contribution in [-0.4, -0.2) is 26.4 Å². The smallest absolute Gasteiger partial charge is 0.234 e. The van der Waals surface area contributed by atoms with Crippen LogP contribution < -0.4 is 10.1 Å². The summed E-state index contributed by atoms with van der Waals surface area (Å²) in [5.74, 6) is 1.50. The van der Waals surface area contributed by atoms with Crippen LogP contribution in [0.5, 0.6) is 5.75 Å². The van der Waals surface area contributed by atoms with Crippen molar-refractivity contribution in [1.29, 1.82) is 0 Å². The van der Waals surface area contributed by atoms with Crippen LogP contribution in [0.15, 0.2) is 60.3 Å². The number of aryl methyl sites for hydroxylation is 2. The van der Waals surface area contributed by atoms with Crippen molar-refractivity contribution in [3.8, 4) is 5.75 Å².